The number of nitrogens with two attached hydrogens (primary N) is 1. The summed E-state index contributed by atoms with van der Waals surface area (Å²) < 4.78 is 7.34. The summed E-state index contributed by atoms with van der Waals surface area (Å²) in [7, 11) is 0. The molecule has 0 fully saturated rings. The molecule has 2 aromatic carbocycles. The first-order valence-electron chi connectivity index (χ1n) is 10.6. The summed E-state index contributed by atoms with van der Waals surface area (Å²) >= 11 is 0. The third kappa shape index (κ3) is 7.77. The molecule has 1 heterocycles. The van der Waals surface area contributed by atoms with E-state index in [0.717, 1.165) is 34.7 Å². The fraction of sp³-hybridized carbons (Fsp3) is 0.292. The number of aromatic nitrogens is 2. The highest BCUT2D eigenvalue weighted by atomic mass is 127. The fourth-order valence-corrected chi connectivity index (χ4v) is 3.32. The molecular weight excluding hydrogens is 531 g/mol. The maximum absolute atomic E-state index is 10.9. The van der Waals surface area contributed by atoms with Gasteiger partial charge in [-0.1, -0.05) is 30.3 Å². The molecule has 176 valence electrons. The van der Waals surface area contributed by atoms with Crippen LogP contribution in [0.5, 0.6) is 5.75 Å². The van der Waals surface area contributed by atoms with Gasteiger partial charge in [0.25, 0.3) is 5.91 Å². The second kappa shape index (κ2) is 12.8. The van der Waals surface area contributed by atoms with E-state index in [9.17, 15) is 4.79 Å². The molecule has 0 saturated carbocycles. The van der Waals surface area contributed by atoms with Crippen molar-refractivity contribution in [2.75, 3.05) is 13.2 Å². The van der Waals surface area contributed by atoms with E-state index in [1.807, 2.05) is 48.9 Å². The second-order valence-corrected chi connectivity index (χ2v) is 7.42. The van der Waals surface area contributed by atoms with Gasteiger partial charge in [0.1, 0.15) is 5.75 Å². The predicted octanol–water partition coefficient (Wildman–Crippen LogP) is 3.23. The van der Waals surface area contributed by atoms with Crippen LogP contribution in [0.2, 0.25) is 0 Å². The number of primary amides is 1. The van der Waals surface area contributed by atoms with E-state index in [2.05, 4.69) is 45.8 Å². The number of halogens is 1. The number of nitrogens with one attached hydrogen (secondary N) is 2. The average Bonchev–Trinajstić information content (AvgIpc) is 3.12. The summed E-state index contributed by atoms with van der Waals surface area (Å²) in [4.78, 5) is 15.6. The highest BCUT2D eigenvalue weighted by Gasteiger charge is 2.09. The summed E-state index contributed by atoms with van der Waals surface area (Å²) in [6.45, 7) is 7.73. The first kappa shape index (κ1) is 26.2. The number of guanidine groups is 1. The van der Waals surface area contributed by atoms with Gasteiger partial charge in [-0.05, 0) is 56.2 Å². The van der Waals surface area contributed by atoms with E-state index < -0.39 is 5.91 Å². The van der Waals surface area contributed by atoms with Gasteiger partial charge in [0.2, 0.25) is 0 Å². The SMILES string of the molecule is CCNC(=NCc1cccc(OCC(N)=O)c1)NCc1ccccc1-n1nc(C)cc1C.I. The van der Waals surface area contributed by atoms with Gasteiger partial charge in [0.15, 0.2) is 12.6 Å². The molecule has 1 amide bonds. The average molecular weight is 562 g/mol. The predicted molar refractivity (Wildman–Crippen MR) is 141 cm³/mol. The minimum Gasteiger partial charge on any atom is -0.484 e. The van der Waals surface area contributed by atoms with Crippen molar-refractivity contribution in [1.29, 1.82) is 0 Å². The fourth-order valence-electron chi connectivity index (χ4n) is 3.32. The zero-order valence-corrected chi connectivity index (χ0v) is 21.5. The number of aliphatic imine (C=N–C) groups is 1. The third-order valence-electron chi connectivity index (χ3n) is 4.72. The van der Waals surface area contributed by atoms with Crippen LogP contribution >= 0.6 is 24.0 Å². The molecule has 0 bridgehead atoms. The lowest BCUT2D eigenvalue weighted by Crippen LogP contribution is -2.37. The molecule has 0 radical (unpaired) electrons. The van der Waals surface area contributed by atoms with Gasteiger partial charge in [-0.2, -0.15) is 5.10 Å². The molecule has 0 aliphatic heterocycles. The number of para-hydroxylation sites is 1. The zero-order chi connectivity index (χ0) is 22.9. The summed E-state index contributed by atoms with van der Waals surface area (Å²) in [5, 5.41) is 11.3. The Kier molecular flexibility index (Phi) is 10.2. The summed E-state index contributed by atoms with van der Waals surface area (Å²) in [5.41, 5.74) is 10.3. The van der Waals surface area contributed by atoms with Crippen molar-refractivity contribution in [3.63, 3.8) is 0 Å². The van der Waals surface area contributed by atoms with Crippen LogP contribution < -0.4 is 21.1 Å². The zero-order valence-electron chi connectivity index (χ0n) is 19.2. The van der Waals surface area contributed by atoms with Gasteiger partial charge in [0, 0.05) is 18.8 Å². The van der Waals surface area contributed by atoms with E-state index in [0.29, 0.717) is 24.8 Å². The number of rotatable bonds is 9. The number of amides is 1. The summed E-state index contributed by atoms with van der Waals surface area (Å²) in [6.07, 6.45) is 0. The largest absolute Gasteiger partial charge is 0.484 e. The monoisotopic (exact) mass is 562 g/mol. The molecule has 8 nitrogen and oxygen atoms in total. The number of carbonyl (C=O) groups is 1. The van der Waals surface area contributed by atoms with E-state index in [-0.39, 0.29) is 30.6 Å². The summed E-state index contributed by atoms with van der Waals surface area (Å²) in [6, 6.07) is 17.7. The molecule has 3 rings (SSSR count). The van der Waals surface area contributed by atoms with Crippen LogP contribution in [0.25, 0.3) is 5.69 Å². The second-order valence-electron chi connectivity index (χ2n) is 7.42. The molecule has 0 spiro atoms. The van der Waals surface area contributed by atoms with Gasteiger partial charge >= 0.3 is 0 Å². The minimum absolute atomic E-state index is 0. The van der Waals surface area contributed by atoms with Gasteiger partial charge in [0.05, 0.1) is 17.9 Å². The van der Waals surface area contributed by atoms with Crippen molar-refractivity contribution in [1.82, 2.24) is 20.4 Å². The van der Waals surface area contributed by atoms with Crippen LogP contribution in [0.15, 0.2) is 59.6 Å². The lowest BCUT2D eigenvalue weighted by atomic mass is 10.1. The number of carbonyl (C=O) groups excluding carboxylic acids is 1. The molecule has 1 aromatic heterocycles. The Morgan fingerprint density at radius 2 is 1.91 bits per heavy atom. The highest BCUT2D eigenvalue weighted by Crippen LogP contribution is 2.17. The number of hydrogen-bond acceptors (Lipinski definition) is 4. The smallest absolute Gasteiger partial charge is 0.255 e. The molecular formula is C24H31IN6O2. The van der Waals surface area contributed by atoms with Crippen molar-refractivity contribution in [2.45, 2.75) is 33.9 Å². The number of ether oxygens (including phenoxy) is 1. The maximum atomic E-state index is 10.9. The first-order valence-corrected chi connectivity index (χ1v) is 10.6. The van der Waals surface area contributed by atoms with Crippen molar-refractivity contribution in [3.8, 4) is 11.4 Å². The van der Waals surface area contributed by atoms with Crippen LogP contribution in [0.3, 0.4) is 0 Å². The Morgan fingerprint density at radius 3 is 2.61 bits per heavy atom. The van der Waals surface area contributed by atoms with Gasteiger partial charge in [-0.3, -0.25) is 4.79 Å². The molecule has 4 N–H and O–H groups in total. The van der Waals surface area contributed by atoms with Crippen LogP contribution in [0, 0.1) is 13.8 Å². The number of hydrogen-bond donors (Lipinski definition) is 3. The minimum atomic E-state index is -0.507. The van der Waals surface area contributed by atoms with Crippen molar-refractivity contribution in [3.05, 3.63) is 77.1 Å². The van der Waals surface area contributed by atoms with Crippen molar-refractivity contribution in [2.24, 2.45) is 10.7 Å². The molecule has 0 saturated heterocycles. The molecule has 0 aliphatic rings. The molecule has 3 aromatic rings. The van der Waals surface area contributed by atoms with Gasteiger partial charge in [-0.25, -0.2) is 9.67 Å². The van der Waals surface area contributed by atoms with Gasteiger partial charge < -0.3 is 21.1 Å². The molecule has 9 heteroatoms. The Hall–Kier alpha value is -3.08. The Morgan fingerprint density at radius 1 is 1.12 bits per heavy atom. The highest BCUT2D eigenvalue weighted by molar-refractivity contribution is 14.0. The van der Waals surface area contributed by atoms with E-state index in [4.69, 9.17) is 10.5 Å². The molecule has 0 aliphatic carbocycles. The molecule has 0 atom stereocenters. The van der Waals surface area contributed by atoms with Gasteiger partial charge in [-0.15, -0.1) is 24.0 Å². The normalized spacial score (nSPS) is 10.9. The number of benzene rings is 2. The van der Waals surface area contributed by atoms with Crippen LogP contribution in [-0.2, 0) is 17.9 Å². The Labute approximate surface area is 211 Å². The number of aryl methyl sites for hydroxylation is 2. The molecule has 33 heavy (non-hydrogen) atoms. The van der Waals surface area contributed by atoms with E-state index >= 15 is 0 Å². The van der Waals surface area contributed by atoms with Crippen LogP contribution in [0.4, 0.5) is 0 Å². The first-order chi connectivity index (χ1) is 15.5. The standard InChI is InChI=1S/C24H30N6O2.HI/c1-4-26-24(27-14-19-8-7-10-21(13-19)32-16-23(25)31)28-15-20-9-5-6-11-22(20)30-18(3)12-17(2)29-30;/h5-13H,4,14-16H2,1-3H3,(H2,25,31)(H2,26,27,28);1H. The summed E-state index contributed by atoms with van der Waals surface area (Å²) in [5.74, 6) is 0.792. The number of nitrogens with zero attached hydrogens (tertiary/aromatic N) is 3. The topological polar surface area (TPSA) is 107 Å². The Balaban J connectivity index is 0.00000385. The van der Waals surface area contributed by atoms with E-state index in [1.165, 1.54) is 0 Å². The molecule has 0 unspecified atom stereocenters. The Bertz CT molecular complexity index is 1100. The lowest BCUT2D eigenvalue weighted by Gasteiger charge is -2.15. The van der Waals surface area contributed by atoms with Crippen LogP contribution in [-0.4, -0.2) is 34.8 Å². The van der Waals surface area contributed by atoms with Crippen molar-refractivity contribution >= 4 is 35.8 Å². The van der Waals surface area contributed by atoms with E-state index in [1.54, 1.807) is 6.07 Å². The quantitative estimate of drug-likeness (QED) is 0.211. The third-order valence-corrected chi connectivity index (χ3v) is 4.72. The van der Waals surface area contributed by atoms with Crippen molar-refractivity contribution < 1.29 is 9.53 Å². The van der Waals surface area contributed by atoms with Crippen LogP contribution in [0.1, 0.15) is 29.4 Å². The lowest BCUT2D eigenvalue weighted by molar-refractivity contribution is -0.119. The maximum Gasteiger partial charge on any atom is 0.255 e.